The first-order valence-electron chi connectivity index (χ1n) is 16.0. The van der Waals surface area contributed by atoms with Gasteiger partial charge in [0.15, 0.2) is 0 Å². The van der Waals surface area contributed by atoms with E-state index in [1.165, 1.54) is 56.3 Å². The minimum absolute atomic E-state index is 0.00435. The average Bonchev–Trinajstić information content (AvgIpc) is 3.16. The van der Waals surface area contributed by atoms with Crippen LogP contribution < -0.4 is 0 Å². The van der Waals surface area contributed by atoms with Gasteiger partial charge in [0.05, 0.1) is 6.04 Å². The molecule has 0 spiro atoms. The molecule has 0 N–H and O–H groups in total. The van der Waals surface area contributed by atoms with Gasteiger partial charge in [-0.3, -0.25) is 0 Å². The van der Waals surface area contributed by atoms with Gasteiger partial charge in [-0.25, -0.2) is 0 Å². The summed E-state index contributed by atoms with van der Waals surface area (Å²) in [5, 5.41) is 0. The molecule has 216 valence electrons. The van der Waals surface area contributed by atoms with Crippen LogP contribution in [0.4, 0.5) is 0 Å². The molecule has 1 aliphatic heterocycles. The minimum atomic E-state index is 0.00435. The van der Waals surface area contributed by atoms with Gasteiger partial charge in [-0.05, 0) is 86.3 Å². The second-order valence-electron chi connectivity index (χ2n) is 13.2. The lowest BCUT2D eigenvalue weighted by Gasteiger charge is -2.42. The minimum Gasteiger partial charge on any atom is -0.334 e. The van der Waals surface area contributed by atoms with Gasteiger partial charge in [-0.15, -0.1) is 6.42 Å². The lowest BCUT2D eigenvalue weighted by atomic mass is 9.69. The van der Waals surface area contributed by atoms with Gasteiger partial charge in [0.2, 0.25) is 0 Å². The normalized spacial score (nSPS) is 29.1. The smallest absolute Gasteiger partial charge is 0.0715 e. The predicted molar refractivity (Wildman–Crippen MR) is 182 cm³/mol. The van der Waals surface area contributed by atoms with Crippen molar-refractivity contribution in [3.05, 3.63) is 136 Å². The molecule has 2 heterocycles. The topological polar surface area (TPSA) is 8.17 Å². The zero-order valence-electron chi connectivity index (χ0n) is 26.0. The quantitative estimate of drug-likeness (QED) is 0.332. The molecule has 4 unspecified atom stereocenters. The second kappa shape index (κ2) is 10.8. The summed E-state index contributed by atoms with van der Waals surface area (Å²) >= 11 is 0. The Kier molecular flexibility index (Phi) is 6.94. The molecule has 1 aromatic heterocycles. The molecule has 0 saturated carbocycles. The number of hydrogen-bond donors (Lipinski definition) is 0. The summed E-state index contributed by atoms with van der Waals surface area (Å²) in [5.74, 6) is 3.71. The van der Waals surface area contributed by atoms with E-state index < -0.39 is 0 Å². The van der Waals surface area contributed by atoms with E-state index in [-0.39, 0.29) is 11.5 Å². The standard InChI is InChI=1S/C41H42N2/c1-6-7-15-38-30(4)31-12-8-9-13-33(27-31)42(38)34-18-20-37(29(3)26-34)41(5)23-21-32(22-24-41)43-39-16-11-10-14-35(39)36-19-17-28(2)25-40(36)43/h1,7-10,12-15,17-23,27-29,33H,11,16,24-26H2,2-5H3/b15-7-. The highest BCUT2D eigenvalue weighted by atomic mass is 15.2. The molecule has 6 aliphatic rings. The van der Waals surface area contributed by atoms with Crippen molar-refractivity contribution in [3.63, 3.8) is 0 Å². The van der Waals surface area contributed by atoms with E-state index in [1.807, 2.05) is 6.08 Å². The van der Waals surface area contributed by atoms with Crippen LogP contribution in [0.2, 0.25) is 0 Å². The van der Waals surface area contributed by atoms with Crippen LogP contribution >= 0.6 is 0 Å². The Hall–Kier alpha value is -4.22. The fraction of sp³-hybridized carbons (Fsp3) is 0.317. The molecule has 1 aromatic rings. The Morgan fingerprint density at radius 3 is 2.65 bits per heavy atom. The van der Waals surface area contributed by atoms with Gasteiger partial charge in [-0.2, -0.15) is 0 Å². The average molecular weight is 563 g/mol. The van der Waals surface area contributed by atoms with Crippen LogP contribution in [0.15, 0.2) is 113 Å². The maximum Gasteiger partial charge on any atom is 0.0715 e. The van der Waals surface area contributed by atoms with Gasteiger partial charge < -0.3 is 9.47 Å². The Balaban J connectivity index is 1.20. The molecule has 0 amide bonds. The number of rotatable bonds is 4. The molecule has 0 fully saturated rings. The predicted octanol–water partition coefficient (Wildman–Crippen LogP) is 9.51. The molecule has 43 heavy (non-hydrogen) atoms. The van der Waals surface area contributed by atoms with Crippen molar-refractivity contribution < 1.29 is 0 Å². The third kappa shape index (κ3) is 4.67. The molecule has 2 bridgehead atoms. The monoisotopic (exact) mass is 562 g/mol. The van der Waals surface area contributed by atoms with Crippen LogP contribution in [0.1, 0.15) is 69.5 Å². The SMILES string of the molecule is C#C/C=C\C1=C(C)C2=CC(C=CC=C2)N1C1=CC=C(C2(C)C=CC(n3c4c(c5c3CC(C)C=C5)C=CCC4)=CC2)C(C)C1. The summed E-state index contributed by atoms with van der Waals surface area (Å²) in [6, 6.07) is 0.181. The highest BCUT2D eigenvalue weighted by molar-refractivity contribution is 5.77. The molecule has 0 aromatic carbocycles. The Labute approximate surface area is 257 Å². The highest BCUT2D eigenvalue weighted by Gasteiger charge is 2.36. The summed E-state index contributed by atoms with van der Waals surface area (Å²) in [5.41, 5.74) is 13.8. The molecular weight excluding hydrogens is 520 g/mol. The van der Waals surface area contributed by atoms with Gasteiger partial charge in [0, 0.05) is 45.0 Å². The van der Waals surface area contributed by atoms with Crippen molar-refractivity contribution in [1.82, 2.24) is 9.47 Å². The van der Waals surface area contributed by atoms with Crippen molar-refractivity contribution in [3.8, 4) is 12.3 Å². The maximum absolute atomic E-state index is 5.65. The number of hydrogen-bond acceptors (Lipinski definition) is 1. The lowest BCUT2D eigenvalue weighted by molar-refractivity contribution is 0.360. The summed E-state index contributed by atoms with van der Waals surface area (Å²) in [6.07, 6.45) is 47.8. The zero-order chi connectivity index (χ0) is 29.7. The zero-order valence-corrected chi connectivity index (χ0v) is 26.0. The molecule has 2 heteroatoms. The molecule has 5 aliphatic carbocycles. The molecule has 7 rings (SSSR count). The van der Waals surface area contributed by atoms with Crippen LogP contribution in [-0.4, -0.2) is 15.5 Å². The molecule has 4 atom stereocenters. The van der Waals surface area contributed by atoms with Crippen molar-refractivity contribution in [2.75, 3.05) is 0 Å². The van der Waals surface area contributed by atoms with E-state index in [2.05, 4.69) is 134 Å². The van der Waals surface area contributed by atoms with E-state index in [9.17, 15) is 0 Å². The number of terminal acetylenes is 1. The molecule has 0 saturated heterocycles. The Bertz CT molecular complexity index is 1750. The molecular formula is C41H42N2. The third-order valence-electron chi connectivity index (χ3n) is 10.2. The fourth-order valence-electron chi connectivity index (χ4n) is 7.99. The maximum atomic E-state index is 5.65. The van der Waals surface area contributed by atoms with Crippen LogP contribution in [0, 0.1) is 29.6 Å². The van der Waals surface area contributed by atoms with E-state index in [4.69, 9.17) is 6.42 Å². The van der Waals surface area contributed by atoms with E-state index in [1.54, 1.807) is 0 Å². The number of nitrogens with zero attached hydrogens (tertiary/aromatic N) is 2. The van der Waals surface area contributed by atoms with Crippen molar-refractivity contribution in [1.29, 1.82) is 0 Å². The number of fused-ring (bicyclic) bond motifs is 4. The number of allylic oxidation sites excluding steroid dienone is 17. The molecule has 0 radical (unpaired) electrons. The lowest BCUT2D eigenvalue weighted by Crippen LogP contribution is -2.36. The summed E-state index contributed by atoms with van der Waals surface area (Å²) < 4.78 is 2.61. The highest BCUT2D eigenvalue weighted by Crippen LogP contribution is 2.47. The van der Waals surface area contributed by atoms with Crippen molar-refractivity contribution >= 4 is 17.8 Å². The Morgan fingerprint density at radius 1 is 1.00 bits per heavy atom. The van der Waals surface area contributed by atoms with Crippen molar-refractivity contribution in [2.24, 2.45) is 17.3 Å². The van der Waals surface area contributed by atoms with Crippen LogP contribution in [-0.2, 0) is 12.8 Å². The van der Waals surface area contributed by atoms with E-state index in [0.717, 1.165) is 32.1 Å². The van der Waals surface area contributed by atoms with Crippen LogP contribution in [0.25, 0.3) is 17.8 Å². The van der Waals surface area contributed by atoms with Gasteiger partial charge in [-0.1, -0.05) is 105 Å². The van der Waals surface area contributed by atoms with Crippen LogP contribution in [0.3, 0.4) is 0 Å². The largest absolute Gasteiger partial charge is 0.334 e. The second-order valence-corrected chi connectivity index (χ2v) is 13.2. The van der Waals surface area contributed by atoms with Crippen molar-refractivity contribution in [2.45, 2.75) is 65.8 Å². The van der Waals surface area contributed by atoms with Gasteiger partial charge in [0.25, 0.3) is 0 Å². The molecule has 2 nitrogen and oxygen atoms in total. The first-order chi connectivity index (χ1) is 20.9. The summed E-state index contributed by atoms with van der Waals surface area (Å²) in [6.45, 7) is 9.37. The van der Waals surface area contributed by atoms with E-state index in [0.29, 0.717) is 11.8 Å². The Morgan fingerprint density at radius 2 is 1.86 bits per heavy atom. The van der Waals surface area contributed by atoms with Gasteiger partial charge >= 0.3 is 0 Å². The summed E-state index contributed by atoms with van der Waals surface area (Å²) in [4.78, 5) is 2.49. The van der Waals surface area contributed by atoms with E-state index >= 15 is 0 Å². The summed E-state index contributed by atoms with van der Waals surface area (Å²) in [7, 11) is 0. The number of aromatic nitrogens is 1. The van der Waals surface area contributed by atoms with Gasteiger partial charge in [0.1, 0.15) is 0 Å². The first kappa shape index (κ1) is 27.6. The fourth-order valence-corrected chi connectivity index (χ4v) is 7.99. The third-order valence-corrected chi connectivity index (χ3v) is 10.2. The van der Waals surface area contributed by atoms with Crippen LogP contribution in [0.5, 0.6) is 0 Å². The first-order valence-corrected chi connectivity index (χ1v) is 16.0.